The molecule has 0 saturated heterocycles. The van der Waals surface area contributed by atoms with E-state index in [0.717, 1.165) is 5.69 Å². The van der Waals surface area contributed by atoms with E-state index in [1.165, 1.54) is 6.33 Å². The number of aryl methyl sites for hydroxylation is 2. The molecule has 0 aliphatic heterocycles. The van der Waals surface area contributed by atoms with Gasteiger partial charge in [0.15, 0.2) is 0 Å². The van der Waals surface area contributed by atoms with Crippen LogP contribution in [0.2, 0.25) is 0 Å². The van der Waals surface area contributed by atoms with Crippen molar-refractivity contribution in [3.63, 3.8) is 0 Å². The monoisotopic (exact) mass is 204 g/mol. The summed E-state index contributed by atoms with van der Waals surface area (Å²) in [4.78, 5) is 7.71. The van der Waals surface area contributed by atoms with Gasteiger partial charge in [-0.2, -0.15) is 5.10 Å². The van der Waals surface area contributed by atoms with Gasteiger partial charge < -0.3 is 5.11 Å². The number of aromatic nitrogens is 4. The first-order valence-electron chi connectivity index (χ1n) is 4.62. The fraction of sp³-hybridized carbons (Fsp3) is 0.300. The molecule has 2 heterocycles. The van der Waals surface area contributed by atoms with Crippen LogP contribution in [-0.2, 0) is 7.05 Å². The second kappa shape index (κ2) is 3.78. The Kier molecular flexibility index (Phi) is 2.47. The summed E-state index contributed by atoms with van der Waals surface area (Å²) in [5.74, 6) is 0. The average Bonchev–Trinajstić information content (AvgIpc) is 2.59. The summed E-state index contributed by atoms with van der Waals surface area (Å²) < 4.78 is 1.72. The van der Waals surface area contributed by atoms with Crippen molar-refractivity contribution in [2.45, 2.75) is 13.0 Å². The molecule has 15 heavy (non-hydrogen) atoms. The number of rotatable bonds is 2. The highest BCUT2D eigenvalue weighted by molar-refractivity contribution is 5.21. The van der Waals surface area contributed by atoms with E-state index < -0.39 is 6.10 Å². The maximum Gasteiger partial charge on any atom is 0.126 e. The third-order valence-corrected chi connectivity index (χ3v) is 2.31. The lowest BCUT2D eigenvalue weighted by Crippen LogP contribution is -2.02. The van der Waals surface area contributed by atoms with Gasteiger partial charge in [-0.05, 0) is 13.0 Å². The van der Waals surface area contributed by atoms with E-state index in [-0.39, 0.29) is 0 Å². The Morgan fingerprint density at radius 2 is 2.00 bits per heavy atom. The second-order valence-electron chi connectivity index (χ2n) is 3.41. The van der Waals surface area contributed by atoms with E-state index in [1.807, 2.05) is 20.0 Å². The van der Waals surface area contributed by atoms with Crippen molar-refractivity contribution < 1.29 is 5.11 Å². The lowest BCUT2D eigenvalue weighted by Gasteiger charge is -2.05. The number of hydrogen-bond acceptors (Lipinski definition) is 4. The van der Waals surface area contributed by atoms with Gasteiger partial charge in [0, 0.05) is 30.7 Å². The van der Waals surface area contributed by atoms with Crippen LogP contribution in [0.1, 0.15) is 23.1 Å². The van der Waals surface area contributed by atoms with Gasteiger partial charge in [0.2, 0.25) is 0 Å². The standard InChI is InChI=1S/C10H12N4O/c1-7-3-9(13-14(7)2)10(15)8-4-11-6-12-5-8/h3-6,10,15H,1-2H3/t10-/m0/s1. The third kappa shape index (κ3) is 1.87. The molecule has 0 aromatic carbocycles. The normalized spacial score (nSPS) is 12.7. The first-order valence-corrected chi connectivity index (χ1v) is 4.62. The van der Waals surface area contributed by atoms with Crippen molar-refractivity contribution in [2.75, 3.05) is 0 Å². The van der Waals surface area contributed by atoms with E-state index >= 15 is 0 Å². The molecule has 2 aromatic heterocycles. The SMILES string of the molecule is Cc1cc([C@@H](O)c2cncnc2)nn1C. The number of aliphatic hydroxyl groups excluding tert-OH is 1. The second-order valence-corrected chi connectivity index (χ2v) is 3.41. The fourth-order valence-corrected chi connectivity index (χ4v) is 1.34. The summed E-state index contributed by atoms with van der Waals surface area (Å²) in [7, 11) is 1.84. The molecule has 0 unspecified atom stereocenters. The molecule has 5 nitrogen and oxygen atoms in total. The van der Waals surface area contributed by atoms with Crippen molar-refractivity contribution >= 4 is 0 Å². The van der Waals surface area contributed by atoms with Crippen molar-refractivity contribution in [1.82, 2.24) is 19.7 Å². The van der Waals surface area contributed by atoms with Gasteiger partial charge in [-0.25, -0.2) is 9.97 Å². The molecule has 0 radical (unpaired) electrons. The highest BCUT2D eigenvalue weighted by Gasteiger charge is 2.14. The predicted molar refractivity (Wildman–Crippen MR) is 54.0 cm³/mol. The van der Waals surface area contributed by atoms with E-state index in [9.17, 15) is 5.11 Å². The molecular weight excluding hydrogens is 192 g/mol. The molecular formula is C10H12N4O. The molecule has 0 spiro atoms. The lowest BCUT2D eigenvalue weighted by molar-refractivity contribution is 0.213. The minimum absolute atomic E-state index is 0.616. The van der Waals surface area contributed by atoms with Crippen LogP contribution in [0.15, 0.2) is 24.8 Å². The van der Waals surface area contributed by atoms with Crippen molar-refractivity contribution in [2.24, 2.45) is 7.05 Å². The van der Waals surface area contributed by atoms with Crippen molar-refractivity contribution in [3.05, 3.63) is 41.7 Å². The smallest absolute Gasteiger partial charge is 0.126 e. The molecule has 2 rings (SSSR count). The number of hydrogen-bond donors (Lipinski definition) is 1. The third-order valence-electron chi connectivity index (χ3n) is 2.31. The molecule has 78 valence electrons. The Morgan fingerprint density at radius 1 is 1.33 bits per heavy atom. The summed E-state index contributed by atoms with van der Waals surface area (Å²) in [6.45, 7) is 1.94. The Balaban J connectivity index is 2.32. The summed E-state index contributed by atoms with van der Waals surface area (Å²) in [5, 5.41) is 14.2. The molecule has 0 bridgehead atoms. The zero-order valence-corrected chi connectivity index (χ0v) is 8.62. The zero-order valence-electron chi connectivity index (χ0n) is 8.62. The van der Waals surface area contributed by atoms with Gasteiger partial charge in [-0.15, -0.1) is 0 Å². The molecule has 0 saturated carbocycles. The van der Waals surface area contributed by atoms with Crippen LogP contribution in [0.3, 0.4) is 0 Å². The first kappa shape index (κ1) is 9.79. The summed E-state index contributed by atoms with van der Waals surface area (Å²) in [6, 6.07) is 1.84. The van der Waals surface area contributed by atoms with Gasteiger partial charge in [-0.3, -0.25) is 4.68 Å². The fourth-order valence-electron chi connectivity index (χ4n) is 1.34. The van der Waals surface area contributed by atoms with Gasteiger partial charge in [0.1, 0.15) is 12.4 Å². The van der Waals surface area contributed by atoms with Crippen LogP contribution in [0.4, 0.5) is 0 Å². The van der Waals surface area contributed by atoms with Crippen molar-refractivity contribution in [1.29, 1.82) is 0 Å². The van der Waals surface area contributed by atoms with Crippen LogP contribution < -0.4 is 0 Å². The maximum atomic E-state index is 9.97. The highest BCUT2D eigenvalue weighted by Crippen LogP contribution is 2.19. The Hall–Kier alpha value is -1.75. The molecule has 5 heteroatoms. The number of nitrogens with zero attached hydrogens (tertiary/aromatic N) is 4. The molecule has 0 aliphatic carbocycles. The van der Waals surface area contributed by atoms with E-state index in [2.05, 4.69) is 15.1 Å². The summed E-state index contributed by atoms with van der Waals surface area (Å²) >= 11 is 0. The molecule has 0 fully saturated rings. The number of aliphatic hydroxyl groups is 1. The molecule has 1 N–H and O–H groups in total. The maximum absolute atomic E-state index is 9.97. The van der Waals surface area contributed by atoms with Crippen LogP contribution in [0, 0.1) is 6.92 Å². The van der Waals surface area contributed by atoms with Gasteiger partial charge >= 0.3 is 0 Å². The predicted octanol–water partition coefficient (Wildman–Crippen LogP) is 0.600. The quantitative estimate of drug-likeness (QED) is 0.778. The largest absolute Gasteiger partial charge is 0.382 e. The average molecular weight is 204 g/mol. The van der Waals surface area contributed by atoms with Crippen LogP contribution >= 0.6 is 0 Å². The van der Waals surface area contributed by atoms with E-state index in [4.69, 9.17) is 0 Å². The molecule has 0 aliphatic rings. The Labute approximate surface area is 87.4 Å². The topological polar surface area (TPSA) is 63.8 Å². The van der Waals surface area contributed by atoms with Crippen molar-refractivity contribution in [3.8, 4) is 0 Å². The zero-order chi connectivity index (χ0) is 10.8. The van der Waals surface area contributed by atoms with E-state index in [1.54, 1.807) is 17.1 Å². The van der Waals surface area contributed by atoms with Gasteiger partial charge in [0.05, 0.1) is 5.69 Å². The summed E-state index contributed by atoms with van der Waals surface area (Å²) in [5.41, 5.74) is 2.27. The van der Waals surface area contributed by atoms with Crippen LogP contribution in [-0.4, -0.2) is 24.9 Å². The molecule has 1 atom stereocenters. The lowest BCUT2D eigenvalue weighted by atomic mass is 10.1. The van der Waals surface area contributed by atoms with Gasteiger partial charge in [-0.1, -0.05) is 0 Å². The summed E-state index contributed by atoms with van der Waals surface area (Å²) in [6.07, 6.45) is 3.84. The Bertz CT molecular complexity index is 432. The molecule has 2 aromatic rings. The van der Waals surface area contributed by atoms with Gasteiger partial charge in [0.25, 0.3) is 0 Å². The van der Waals surface area contributed by atoms with Crippen LogP contribution in [0.5, 0.6) is 0 Å². The first-order chi connectivity index (χ1) is 7.18. The minimum atomic E-state index is -0.758. The highest BCUT2D eigenvalue weighted by atomic mass is 16.3. The van der Waals surface area contributed by atoms with E-state index in [0.29, 0.717) is 11.3 Å². The van der Waals surface area contributed by atoms with Crippen LogP contribution in [0.25, 0.3) is 0 Å². The Morgan fingerprint density at radius 3 is 2.53 bits per heavy atom. The molecule has 0 amide bonds. The minimum Gasteiger partial charge on any atom is -0.382 e.